The van der Waals surface area contributed by atoms with Crippen LogP contribution in [0, 0.1) is 6.92 Å². The van der Waals surface area contributed by atoms with Gasteiger partial charge in [-0.25, -0.2) is 17.9 Å². The van der Waals surface area contributed by atoms with Crippen LogP contribution in [0.5, 0.6) is 11.8 Å². The van der Waals surface area contributed by atoms with Crippen LogP contribution < -0.4 is 19.5 Å². The lowest BCUT2D eigenvalue weighted by molar-refractivity contribution is 0.000537. The Kier molecular flexibility index (Phi) is 6.71. The van der Waals surface area contributed by atoms with Gasteiger partial charge in [-0.1, -0.05) is 12.1 Å². The average Bonchev–Trinajstić information content (AvgIpc) is 2.60. The number of rotatable bonds is 7. The number of sulfonamides is 1. The molecule has 0 fully saturated rings. The number of aromatic nitrogens is 3. The Morgan fingerprint density at radius 2 is 2.00 bits per heavy atom. The first-order chi connectivity index (χ1) is 12.7. The van der Waals surface area contributed by atoms with Crippen molar-refractivity contribution >= 4 is 33.6 Å². The van der Waals surface area contributed by atoms with Crippen LogP contribution in [0.4, 0.5) is 10.7 Å². The predicted molar refractivity (Wildman–Crippen MR) is 94.3 cm³/mol. The summed E-state index contributed by atoms with van der Waals surface area (Å²) in [6.07, 6.45) is -1.42. The molecular formula is C14H16ClN5O6S. The molecule has 0 aliphatic carbocycles. The van der Waals surface area contributed by atoms with Crippen LogP contribution in [0.1, 0.15) is 5.82 Å². The minimum absolute atomic E-state index is 0.0468. The summed E-state index contributed by atoms with van der Waals surface area (Å²) in [6, 6.07) is 4.26. The summed E-state index contributed by atoms with van der Waals surface area (Å²) in [5.74, 6) is -0.394. The van der Waals surface area contributed by atoms with E-state index < -0.39 is 22.3 Å². The summed E-state index contributed by atoms with van der Waals surface area (Å²) < 4.78 is 36.6. The van der Waals surface area contributed by atoms with Crippen LogP contribution in [0.3, 0.4) is 0 Å². The van der Waals surface area contributed by atoms with E-state index in [0.717, 1.165) is 0 Å². The van der Waals surface area contributed by atoms with Crippen molar-refractivity contribution in [3.05, 3.63) is 30.1 Å². The van der Waals surface area contributed by atoms with Crippen molar-refractivity contribution < 1.29 is 27.8 Å². The molecule has 3 N–H and O–H groups in total. The van der Waals surface area contributed by atoms with Gasteiger partial charge in [0.15, 0.2) is 0 Å². The number of hydrogen-bond donors (Lipinski definition) is 3. The Hall–Kier alpha value is -2.70. The normalized spacial score (nSPS) is 12.1. The molecule has 146 valence electrons. The van der Waals surface area contributed by atoms with Gasteiger partial charge < -0.3 is 14.6 Å². The van der Waals surface area contributed by atoms with Crippen molar-refractivity contribution in [2.45, 2.75) is 18.1 Å². The number of ether oxygens (including phenoxy) is 2. The molecule has 2 rings (SSSR count). The first kappa shape index (κ1) is 20.6. The van der Waals surface area contributed by atoms with Crippen molar-refractivity contribution in [3.8, 4) is 11.8 Å². The van der Waals surface area contributed by atoms with Gasteiger partial charge >= 0.3 is 12.0 Å². The molecule has 0 radical (unpaired) electrons. The SMILES string of the molecule is COc1nc(C)nc(NC(=O)NS(=O)(=O)c2ccccc2OC(O)CCl)n1. The fraction of sp³-hybridized carbons (Fsp3) is 0.286. The van der Waals surface area contributed by atoms with Crippen LogP contribution in [-0.4, -0.2) is 53.8 Å². The number of carbonyl (C=O) groups is 1. The van der Waals surface area contributed by atoms with E-state index in [9.17, 15) is 18.3 Å². The second-order valence-corrected chi connectivity index (χ2v) is 6.89. The standard InChI is InChI=1S/C14H16ClN5O6S/c1-8-16-12(19-14(17-8)25-2)18-13(22)20-27(23,24)10-6-4-3-5-9(10)26-11(21)7-15/h3-6,11,21H,7H2,1-2H3,(H2,16,17,18,19,20,22). The minimum Gasteiger partial charge on any atom is -0.467 e. The Balaban J connectivity index is 2.19. The summed E-state index contributed by atoms with van der Waals surface area (Å²) in [6.45, 7) is 1.54. The molecule has 0 saturated heterocycles. The molecule has 0 aliphatic rings. The molecule has 1 unspecified atom stereocenters. The highest BCUT2D eigenvalue weighted by molar-refractivity contribution is 7.90. The number of amides is 2. The number of hydrogen-bond acceptors (Lipinski definition) is 9. The van der Waals surface area contributed by atoms with E-state index in [2.05, 4.69) is 20.3 Å². The first-order valence-electron chi connectivity index (χ1n) is 7.35. The lowest BCUT2D eigenvalue weighted by Crippen LogP contribution is -2.35. The van der Waals surface area contributed by atoms with Crippen molar-refractivity contribution in [2.24, 2.45) is 0 Å². The van der Waals surface area contributed by atoms with Gasteiger partial charge in [-0.3, -0.25) is 5.32 Å². The van der Waals surface area contributed by atoms with Crippen LogP contribution >= 0.6 is 11.6 Å². The summed E-state index contributed by atoms with van der Waals surface area (Å²) in [7, 11) is -3.00. The third-order valence-electron chi connectivity index (χ3n) is 2.90. The summed E-state index contributed by atoms with van der Waals surface area (Å²) >= 11 is 5.45. The largest absolute Gasteiger partial charge is 0.467 e. The third-order valence-corrected chi connectivity index (χ3v) is 4.53. The topological polar surface area (TPSA) is 153 Å². The van der Waals surface area contributed by atoms with E-state index in [1.54, 1.807) is 11.6 Å². The van der Waals surface area contributed by atoms with Gasteiger partial charge in [-0.05, 0) is 19.1 Å². The molecule has 0 saturated carbocycles. The van der Waals surface area contributed by atoms with Crippen molar-refractivity contribution in [1.82, 2.24) is 19.7 Å². The average molecular weight is 418 g/mol. The maximum Gasteiger partial charge on any atom is 0.335 e. The first-order valence-corrected chi connectivity index (χ1v) is 9.37. The lowest BCUT2D eigenvalue weighted by Gasteiger charge is -2.15. The van der Waals surface area contributed by atoms with E-state index in [1.807, 2.05) is 0 Å². The highest BCUT2D eigenvalue weighted by atomic mass is 35.5. The minimum atomic E-state index is -4.33. The number of aliphatic hydroxyl groups is 1. The number of anilines is 1. The van der Waals surface area contributed by atoms with E-state index >= 15 is 0 Å². The number of nitrogens with one attached hydrogen (secondary N) is 2. The summed E-state index contributed by atoms with van der Waals surface area (Å²) in [4.78, 5) is 23.2. The number of methoxy groups -OCH3 is 1. The summed E-state index contributed by atoms with van der Waals surface area (Å²) in [5, 5.41) is 11.6. The molecule has 1 heterocycles. The smallest absolute Gasteiger partial charge is 0.335 e. The van der Waals surface area contributed by atoms with E-state index in [-0.39, 0.29) is 34.3 Å². The molecule has 2 aromatic rings. The van der Waals surface area contributed by atoms with Crippen LogP contribution in [0.15, 0.2) is 29.2 Å². The molecule has 0 aliphatic heterocycles. The maximum absolute atomic E-state index is 12.5. The number of aliphatic hydroxyl groups excluding tert-OH is 1. The lowest BCUT2D eigenvalue weighted by atomic mass is 10.3. The number of nitrogens with zero attached hydrogens (tertiary/aromatic N) is 3. The van der Waals surface area contributed by atoms with Gasteiger partial charge in [0, 0.05) is 0 Å². The Morgan fingerprint density at radius 1 is 1.30 bits per heavy atom. The Bertz CT molecular complexity index is 926. The monoisotopic (exact) mass is 417 g/mol. The van der Waals surface area contributed by atoms with Crippen molar-refractivity contribution in [3.63, 3.8) is 0 Å². The van der Waals surface area contributed by atoms with Crippen LogP contribution in [0.2, 0.25) is 0 Å². The van der Waals surface area contributed by atoms with Crippen LogP contribution in [0.25, 0.3) is 0 Å². The van der Waals surface area contributed by atoms with Crippen molar-refractivity contribution in [1.29, 1.82) is 0 Å². The number of halogens is 1. The molecule has 1 atom stereocenters. The van der Waals surface area contributed by atoms with E-state index in [0.29, 0.717) is 0 Å². The Labute approximate surface area is 159 Å². The summed E-state index contributed by atoms with van der Waals surface area (Å²) in [5.41, 5.74) is 0. The number of alkyl halides is 1. The predicted octanol–water partition coefficient (Wildman–Crippen LogP) is 0.635. The Morgan fingerprint density at radius 3 is 2.67 bits per heavy atom. The number of para-hydroxylation sites is 1. The van der Waals surface area contributed by atoms with Crippen LogP contribution in [-0.2, 0) is 10.0 Å². The molecular weight excluding hydrogens is 402 g/mol. The zero-order valence-electron chi connectivity index (χ0n) is 14.2. The maximum atomic E-state index is 12.5. The molecule has 11 nitrogen and oxygen atoms in total. The second kappa shape index (κ2) is 8.79. The molecule has 1 aromatic heterocycles. The van der Waals surface area contributed by atoms with Gasteiger partial charge in [-0.15, -0.1) is 11.6 Å². The molecule has 0 bridgehead atoms. The zero-order chi connectivity index (χ0) is 20.0. The van der Waals surface area contributed by atoms with Gasteiger partial charge in [0.05, 0.1) is 13.0 Å². The number of aryl methyl sites for hydroxylation is 1. The third kappa shape index (κ3) is 5.64. The number of benzene rings is 1. The number of carbonyl (C=O) groups excluding carboxylic acids is 1. The van der Waals surface area contributed by atoms with Gasteiger partial charge in [0.1, 0.15) is 16.5 Å². The fourth-order valence-electron chi connectivity index (χ4n) is 1.86. The van der Waals surface area contributed by atoms with Gasteiger partial charge in [0.2, 0.25) is 12.2 Å². The van der Waals surface area contributed by atoms with Gasteiger partial charge in [0.25, 0.3) is 10.0 Å². The molecule has 0 spiro atoms. The van der Waals surface area contributed by atoms with E-state index in [1.165, 1.54) is 31.4 Å². The molecule has 13 heteroatoms. The van der Waals surface area contributed by atoms with Gasteiger partial charge in [-0.2, -0.15) is 15.0 Å². The fourth-order valence-corrected chi connectivity index (χ4v) is 2.96. The number of urea groups is 1. The quantitative estimate of drug-likeness (QED) is 0.435. The van der Waals surface area contributed by atoms with Crippen molar-refractivity contribution in [2.75, 3.05) is 18.3 Å². The molecule has 1 aromatic carbocycles. The van der Waals surface area contributed by atoms with E-state index in [4.69, 9.17) is 21.1 Å². The second-order valence-electron chi connectivity index (χ2n) is 4.93. The highest BCUT2D eigenvalue weighted by Gasteiger charge is 2.23. The highest BCUT2D eigenvalue weighted by Crippen LogP contribution is 2.24. The molecule has 27 heavy (non-hydrogen) atoms. The molecule has 2 amide bonds. The zero-order valence-corrected chi connectivity index (χ0v) is 15.8.